The summed E-state index contributed by atoms with van der Waals surface area (Å²) in [7, 11) is 12.4. The summed E-state index contributed by atoms with van der Waals surface area (Å²) >= 11 is 3.18. The summed E-state index contributed by atoms with van der Waals surface area (Å²) in [5, 5.41) is 6.34. The Morgan fingerprint density at radius 2 is 1.22 bits per heavy atom. The molecule has 6 radical (unpaired) electrons. The van der Waals surface area contributed by atoms with Crippen LogP contribution < -0.4 is 53.1 Å². The number of rotatable bonds is 11. The lowest BCUT2D eigenvalue weighted by Crippen LogP contribution is -2.44. The Morgan fingerprint density at radius 1 is 0.597 bits per heavy atom. The molecule has 67 heavy (non-hydrogen) atoms. The minimum atomic E-state index is -0.258. The third-order valence-electron chi connectivity index (χ3n) is 11.5. The van der Waals surface area contributed by atoms with Gasteiger partial charge in [-0.1, -0.05) is 53.2 Å². The molecular formula is C48H47B5F4N8S2. The van der Waals surface area contributed by atoms with Gasteiger partial charge in [-0.25, -0.2) is 17.6 Å². The zero-order chi connectivity index (χ0) is 47.8. The van der Waals surface area contributed by atoms with E-state index in [2.05, 4.69) is 59.9 Å². The number of fused-ring (bicyclic) bond motifs is 4. The molecular weight excluding hydrogens is 883 g/mol. The van der Waals surface area contributed by atoms with Gasteiger partial charge in [-0.15, -0.1) is 11.3 Å². The molecule has 6 heterocycles. The van der Waals surface area contributed by atoms with E-state index in [-0.39, 0.29) is 23.3 Å². The van der Waals surface area contributed by atoms with Crippen molar-refractivity contribution < 1.29 is 17.6 Å². The predicted molar refractivity (Wildman–Crippen MR) is 267 cm³/mol. The normalized spacial score (nSPS) is 12.9. The molecule has 334 valence electrons. The zero-order valence-electron chi connectivity index (χ0n) is 38.8. The van der Waals surface area contributed by atoms with E-state index in [1.807, 2.05) is 53.0 Å². The summed E-state index contributed by atoms with van der Waals surface area (Å²) in [4.78, 5) is 37.5. The highest BCUT2D eigenvalue weighted by Crippen LogP contribution is 2.30. The fourth-order valence-electron chi connectivity index (χ4n) is 8.19. The molecule has 0 bridgehead atoms. The van der Waals surface area contributed by atoms with Gasteiger partial charge in [0, 0.05) is 46.1 Å². The Hall–Kier alpha value is -5.28. The van der Waals surface area contributed by atoms with E-state index in [1.54, 1.807) is 50.9 Å². The lowest BCUT2D eigenvalue weighted by Gasteiger charge is -2.05. The molecule has 0 amide bonds. The molecule has 0 saturated heterocycles. The largest absolute Gasteiger partial charge is 0.260 e. The molecule has 0 atom stereocenters. The molecule has 0 aliphatic carbocycles. The Balaban J connectivity index is 0.000000139. The second-order valence-electron chi connectivity index (χ2n) is 15.8. The Kier molecular flexibility index (Phi) is 16.8. The predicted octanol–water partition coefficient (Wildman–Crippen LogP) is 3.96. The molecule has 6 aromatic rings. The van der Waals surface area contributed by atoms with E-state index < -0.39 is 0 Å². The van der Waals surface area contributed by atoms with Crippen LogP contribution in [-0.2, 0) is 25.6 Å². The van der Waals surface area contributed by atoms with Crippen molar-refractivity contribution in [2.75, 3.05) is 26.7 Å². The van der Waals surface area contributed by atoms with Gasteiger partial charge in [0.25, 0.3) is 0 Å². The highest BCUT2D eigenvalue weighted by Gasteiger charge is 2.20. The minimum absolute atomic E-state index is 0.138. The Labute approximate surface area is 400 Å². The quantitative estimate of drug-likeness (QED) is 0.139. The van der Waals surface area contributed by atoms with Gasteiger partial charge in [0.1, 0.15) is 64.4 Å². The third-order valence-corrected chi connectivity index (χ3v) is 13.8. The van der Waals surface area contributed by atoms with E-state index in [4.69, 9.17) is 7.74 Å². The van der Waals surface area contributed by atoms with Crippen molar-refractivity contribution in [1.82, 2.24) is 0 Å². The molecule has 0 fully saturated rings. The number of benzene rings is 4. The molecule has 19 heteroatoms. The Bertz CT molecular complexity index is 3370. The molecule has 4 aliphatic rings. The highest BCUT2D eigenvalue weighted by atomic mass is 32.1. The summed E-state index contributed by atoms with van der Waals surface area (Å²) in [6.07, 6.45) is 4.26. The number of nitrogens with zero attached hydrogens (tertiary/aromatic N) is 8. The average molecular weight is 930 g/mol. The van der Waals surface area contributed by atoms with Crippen LogP contribution in [-0.4, -0.2) is 63.2 Å². The molecule has 2 aromatic heterocycles. The maximum atomic E-state index is 15.0. The van der Waals surface area contributed by atoms with Crippen molar-refractivity contribution in [1.29, 1.82) is 0 Å². The monoisotopic (exact) mass is 930 g/mol. The first-order valence-electron chi connectivity index (χ1n) is 22.4. The number of halogens is 4. The van der Waals surface area contributed by atoms with Crippen molar-refractivity contribution in [2.24, 2.45) is 39.9 Å². The summed E-state index contributed by atoms with van der Waals surface area (Å²) in [5.41, 5.74) is 6.07. The van der Waals surface area contributed by atoms with Gasteiger partial charge < -0.3 is 0 Å². The van der Waals surface area contributed by atoms with Crippen LogP contribution >= 0.6 is 22.7 Å². The van der Waals surface area contributed by atoms with Gasteiger partial charge in [0.15, 0.2) is 7.28 Å². The maximum absolute atomic E-state index is 15.0. The van der Waals surface area contributed by atoms with Crippen LogP contribution in [0.5, 0.6) is 0 Å². The molecule has 0 N–H and O–H groups in total. The molecule has 0 saturated carbocycles. The molecule has 10 rings (SSSR count). The van der Waals surface area contributed by atoms with Crippen molar-refractivity contribution in [3.63, 3.8) is 0 Å². The average Bonchev–Trinajstić information content (AvgIpc) is 4.18. The molecule has 0 unspecified atom stereocenters. The number of hydrogen-bond acceptors (Lipinski definition) is 10. The van der Waals surface area contributed by atoms with E-state index in [0.29, 0.717) is 60.5 Å². The second kappa shape index (κ2) is 22.7. The minimum Gasteiger partial charge on any atom is -0.260 e. The standard InChI is InChI=1S/C17H12B3FN2S2.C12H15BFN2.C10H11BFN2.C9H9FN2/c1-2-9-3-4-12(24-9)10-7-11(21)15(17-16(10)22-8-23-17)13-5-6-14(25-13)19-20-18;1-3-4-8-5-10(14)9(6-13-2)12-11(8)15-7-16-12;1-3-6-4-7(12)8(11-2)10-9(6)13-5-14-10;1-5-3-7(10)6(2)9-8(5)11-4-12-9/h3-7H,2,8H2,1H3;5H,3-4,6-7H2,1-2H3;4H,3,5H2,1-2H3;3H,4H2,1-2H3. The molecule has 0 spiro atoms. The maximum Gasteiger partial charge on any atom is 0.155 e. The van der Waals surface area contributed by atoms with Gasteiger partial charge >= 0.3 is 0 Å². The zero-order valence-corrected chi connectivity index (χ0v) is 40.4. The van der Waals surface area contributed by atoms with Crippen LogP contribution in [0.4, 0.5) is 17.6 Å². The smallest absolute Gasteiger partial charge is 0.155 e. The fraction of sp³-hybridized carbons (Fsp3) is 0.333. The first-order valence-corrected chi connectivity index (χ1v) is 24.0. The van der Waals surface area contributed by atoms with Crippen molar-refractivity contribution in [3.05, 3.63) is 147 Å². The van der Waals surface area contributed by atoms with Crippen LogP contribution in [0.3, 0.4) is 0 Å². The van der Waals surface area contributed by atoms with E-state index >= 15 is 4.39 Å². The van der Waals surface area contributed by atoms with E-state index in [1.165, 1.54) is 29.3 Å². The third kappa shape index (κ3) is 10.7. The van der Waals surface area contributed by atoms with Crippen molar-refractivity contribution in [3.8, 4) is 20.9 Å². The molecule has 4 aromatic carbocycles. The summed E-state index contributed by atoms with van der Waals surface area (Å²) in [6, 6.07) is 14.3. The van der Waals surface area contributed by atoms with E-state index in [0.717, 1.165) is 100.0 Å². The second-order valence-corrected chi connectivity index (χ2v) is 18.1. The van der Waals surface area contributed by atoms with Crippen LogP contribution in [0.15, 0.2) is 88.5 Å². The summed E-state index contributed by atoms with van der Waals surface area (Å²) < 4.78 is 56.6. The molecule has 8 nitrogen and oxygen atoms in total. The fourth-order valence-corrected chi connectivity index (χ4v) is 10.1. The summed E-state index contributed by atoms with van der Waals surface area (Å²) in [6.45, 7) is 15.2. The van der Waals surface area contributed by atoms with Crippen LogP contribution in [0.2, 0.25) is 13.6 Å². The van der Waals surface area contributed by atoms with Gasteiger partial charge in [0.05, 0.1) is 48.4 Å². The summed E-state index contributed by atoms with van der Waals surface area (Å²) in [5.74, 6) is -0.775. The molecule has 4 aliphatic heterocycles. The van der Waals surface area contributed by atoms with Crippen LogP contribution in [0.1, 0.15) is 59.9 Å². The SMILES string of the molecule is C[B]Cc1c(F)cc(CCC)c2c1=NCN=2.C[B]c1c(F)cc(CC)c2c1=NCN=2.Cc1cc(F)c(C)c2c1=NCN=2.[B][B][B]c1ccc(-c2c(F)cc(-c3ccc(CC)s3)c3c2=NCN=3)s1. The van der Waals surface area contributed by atoms with Crippen LogP contribution in [0, 0.1) is 37.1 Å². The van der Waals surface area contributed by atoms with Gasteiger partial charge in [-0.3, -0.25) is 39.9 Å². The number of hydrogen-bond donors (Lipinski definition) is 0. The Morgan fingerprint density at radius 3 is 1.88 bits per heavy atom. The first kappa shape index (κ1) is 49.6. The number of aryl methyl sites for hydroxylation is 4. The first-order chi connectivity index (χ1) is 32.5. The highest BCUT2D eigenvalue weighted by molar-refractivity contribution is 7.37. The van der Waals surface area contributed by atoms with Crippen LogP contribution in [0.25, 0.3) is 20.9 Å². The topological polar surface area (TPSA) is 98.9 Å². The van der Waals surface area contributed by atoms with Gasteiger partial charge in [-0.2, -0.15) is 11.3 Å². The lowest BCUT2D eigenvalue weighted by molar-refractivity contribution is 0.609. The van der Waals surface area contributed by atoms with Gasteiger partial charge in [0.2, 0.25) is 0 Å². The number of thiophene rings is 2. The van der Waals surface area contributed by atoms with Crippen molar-refractivity contribution >= 4 is 69.4 Å². The van der Waals surface area contributed by atoms with Gasteiger partial charge in [-0.05, 0) is 103 Å². The van der Waals surface area contributed by atoms with Crippen molar-refractivity contribution in [2.45, 2.75) is 80.3 Å². The lowest BCUT2D eigenvalue weighted by atomic mass is 9.28. The van der Waals surface area contributed by atoms with E-state index in [9.17, 15) is 13.2 Å².